The fraction of sp³-hybridized carbons (Fsp3) is 0. The zero-order valence-corrected chi connectivity index (χ0v) is 23.7. The summed E-state index contributed by atoms with van der Waals surface area (Å²) in [7, 11) is 0. The number of benzene rings is 6. The molecule has 41 heavy (non-hydrogen) atoms. The summed E-state index contributed by atoms with van der Waals surface area (Å²) in [5.74, 6) is 0. The van der Waals surface area contributed by atoms with Gasteiger partial charge in [-0.1, -0.05) is 84.9 Å². The molecule has 0 spiro atoms. The van der Waals surface area contributed by atoms with Gasteiger partial charge in [-0.25, -0.2) is 0 Å². The van der Waals surface area contributed by atoms with Crippen LogP contribution in [0.25, 0.3) is 79.3 Å². The first-order chi connectivity index (χ1) is 20.3. The highest BCUT2D eigenvalue weighted by atomic mass is 32.2. The van der Waals surface area contributed by atoms with Crippen LogP contribution < -0.4 is 0 Å². The third-order valence-corrected chi connectivity index (χ3v) is 10.7. The smallest absolute Gasteiger partial charge is 0.0890 e. The monoisotopic (exact) mass is 557 g/mol. The maximum atomic E-state index is 2.41. The third-order valence-electron chi connectivity index (χ3n) is 8.23. The van der Waals surface area contributed by atoms with Gasteiger partial charge in [-0.05, 0) is 76.9 Å². The predicted octanol–water partition coefficient (Wildman–Crippen LogP) is 11.7. The quantitative estimate of drug-likeness (QED) is 0.204. The summed E-state index contributed by atoms with van der Waals surface area (Å²) >= 11 is 3.83. The second-order valence-corrected chi connectivity index (χ2v) is 12.9. The van der Waals surface area contributed by atoms with E-state index in [1.54, 1.807) is 0 Å². The molecule has 0 fully saturated rings. The van der Waals surface area contributed by atoms with Gasteiger partial charge in [0.1, 0.15) is 0 Å². The van der Waals surface area contributed by atoms with E-state index in [-0.39, 0.29) is 0 Å². The van der Waals surface area contributed by atoms with Crippen LogP contribution in [0.2, 0.25) is 0 Å². The molecule has 3 aromatic heterocycles. The Balaban J connectivity index is 1.25. The minimum absolute atomic E-state index is 1.19. The zero-order valence-electron chi connectivity index (χ0n) is 22.0. The van der Waals surface area contributed by atoms with Gasteiger partial charge in [-0.3, -0.25) is 0 Å². The van der Waals surface area contributed by atoms with E-state index in [1.807, 2.05) is 22.7 Å². The van der Waals surface area contributed by atoms with Crippen LogP contribution in [0.4, 0.5) is 0 Å². The first-order valence-electron chi connectivity index (χ1n) is 13.9. The van der Waals surface area contributed by atoms with Crippen molar-refractivity contribution in [1.82, 2.24) is 4.57 Å². The molecular weight excluding hydrogens is 535 g/mol. The molecule has 3 heterocycles. The molecular formula is C38H23NS2. The number of para-hydroxylation sites is 2. The Morgan fingerprint density at radius 2 is 0.927 bits per heavy atom. The normalized spacial score (nSPS) is 11.9. The topological polar surface area (TPSA) is 4.93 Å². The second kappa shape index (κ2) is 8.90. The molecule has 0 radical (unpaired) electrons. The number of nitrogens with zero attached hydrogens (tertiary/aromatic N) is 1. The van der Waals surface area contributed by atoms with Crippen molar-refractivity contribution in [3.63, 3.8) is 0 Å². The highest BCUT2D eigenvalue weighted by molar-refractivity contribution is 7.44. The number of fused-ring (bicyclic) bond motifs is 8. The van der Waals surface area contributed by atoms with Crippen molar-refractivity contribution in [3.8, 4) is 27.9 Å². The SMILES string of the molecule is c1ccc(-c2ccc3sc4sc5ccc(-c6ccc7c(c6)c6ccccc6n7-c6ccccc6)cc5c4c3c2)cc1. The molecule has 0 atom stereocenters. The van der Waals surface area contributed by atoms with Crippen molar-refractivity contribution >= 4 is 74.1 Å². The van der Waals surface area contributed by atoms with Gasteiger partial charge >= 0.3 is 0 Å². The molecule has 6 aromatic carbocycles. The highest BCUT2D eigenvalue weighted by Gasteiger charge is 2.16. The molecule has 192 valence electrons. The number of rotatable bonds is 3. The van der Waals surface area contributed by atoms with Gasteiger partial charge in [-0.2, -0.15) is 0 Å². The molecule has 9 rings (SSSR count). The van der Waals surface area contributed by atoms with Gasteiger partial charge in [-0.15, -0.1) is 22.7 Å². The van der Waals surface area contributed by atoms with Crippen molar-refractivity contribution < 1.29 is 0 Å². The number of hydrogen-bond donors (Lipinski definition) is 0. The summed E-state index contributed by atoms with van der Waals surface area (Å²) in [5.41, 5.74) is 8.70. The second-order valence-electron chi connectivity index (χ2n) is 10.6. The molecule has 0 amide bonds. The predicted molar refractivity (Wildman–Crippen MR) is 180 cm³/mol. The van der Waals surface area contributed by atoms with E-state index in [2.05, 4.69) is 144 Å². The van der Waals surface area contributed by atoms with E-state index >= 15 is 0 Å². The molecule has 1 nitrogen and oxygen atoms in total. The molecule has 0 aliphatic heterocycles. The summed E-state index contributed by atoms with van der Waals surface area (Å²) in [5, 5.41) is 6.67. The Kier molecular flexibility index (Phi) is 5.00. The van der Waals surface area contributed by atoms with Crippen LogP contribution in [-0.4, -0.2) is 4.57 Å². The Bertz CT molecular complexity index is 2410. The van der Waals surface area contributed by atoms with Crippen LogP contribution in [0.15, 0.2) is 140 Å². The molecule has 0 unspecified atom stereocenters. The van der Waals surface area contributed by atoms with Crippen molar-refractivity contribution in [1.29, 1.82) is 0 Å². The lowest BCUT2D eigenvalue weighted by atomic mass is 9.99. The van der Waals surface area contributed by atoms with E-state index < -0.39 is 0 Å². The molecule has 0 aliphatic rings. The van der Waals surface area contributed by atoms with Crippen molar-refractivity contribution in [2.24, 2.45) is 0 Å². The van der Waals surface area contributed by atoms with Crippen molar-refractivity contribution in [2.45, 2.75) is 0 Å². The molecule has 9 aromatic rings. The van der Waals surface area contributed by atoms with Crippen LogP contribution in [-0.2, 0) is 0 Å². The first-order valence-corrected chi connectivity index (χ1v) is 15.5. The number of hydrogen-bond acceptors (Lipinski definition) is 2. The average molecular weight is 558 g/mol. The lowest BCUT2D eigenvalue weighted by Crippen LogP contribution is -1.92. The lowest BCUT2D eigenvalue weighted by Gasteiger charge is -2.08. The van der Waals surface area contributed by atoms with Gasteiger partial charge in [0.15, 0.2) is 0 Å². The van der Waals surface area contributed by atoms with Gasteiger partial charge in [0.25, 0.3) is 0 Å². The van der Waals surface area contributed by atoms with Gasteiger partial charge in [0, 0.05) is 42.0 Å². The average Bonchev–Trinajstić information content (AvgIpc) is 3.69. The van der Waals surface area contributed by atoms with E-state index in [0.29, 0.717) is 0 Å². The molecule has 0 N–H and O–H groups in total. The fourth-order valence-electron chi connectivity index (χ4n) is 6.31. The highest BCUT2D eigenvalue weighted by Crippen LogP contribution is 2.46. The van der Waals surface area contributed by atoms with E-state index in [4.69, 9.17) is 0 Å². The molecule has 0 bridgehead atoms. The van der Waals surface area contributed by atoms with E-state index in [1.165, 1.54) is 79.3 Å². The van der Waals surface area contributed by atoms with Gasteiger partial charge < -0.3 is 4.57 Å². The summed E-state index contributed by atoms with van der Waals surface area (Å²) in [6, 6.07) is 51.0. The fourth-order valence-corrected chi connectivity index (χ4v) is 8.88. The molecule has 0 aliphatic carbocycles. The zero-order chi connectivity index (χ0) is 26.9. The third kappa shape index (κ3) is 3.53. The van der Waals surface area contributed by atoms with Crippen molar-refractivity contribution in [2.75, 3.05) is 0 Å². The molecule has 0 saturated heterocycles. The van der Waals surface area contributed by atoms with Crippen LogP contribution in [0, 0.1) is 0 Å². The summed E-state index contributed by atoms with van der Waals surface area (Å²) in [4.78, 5) is 0. The Morgan fingerprint density at radius 3 is 1.63 bits per heavy atom. The van der Waals surface area contributed by atoms with Gasteiger partial charge in [0.05, 0.1) is 15.0 Å². The Labute approximate surface area is 245 Å². The summed E-state index contributed by atoms with van der Waals surface area (Å²) < 4.78 is 6.48. The van der Waals surface area contributed by atoms with Gasteiger partial charge in [0.2, 0.25) is 0 Å². The number of aromatic nitrogens is 1. The summed E-state index contributed by atoms with van der Waals surface area (Å²) in [6.45, 7) is 0. The first kappa shape index (κ1) is 23.0. The Morgan fingerprint density at radius 1 is 0.390 bits per heavy atom. The van der Waals surface area contributed by atoms with E-state index in [9.17, 15) is 0 Å². The summed E-state index contributed by atoms with van der Waals surface area (Å²) in [6.07, 6.45) is 0. The maximum absolute atomic E-state index is 2.41. The van der Waals surface area contributed by atoms with Crippen LogP contribution in [0.3, 0.4) is 0 Å². The lowest BCUT2D eigenvalue weighted by molar-refractivity contribution is 1.18. The standard InChI is InChI=1S/C38H23NS2/c1-3-9-24(10-4-1)25-16-19-35-31(22-25)37-32-23-27(17-20-36(32)41-38(37)40-35)26-15-18-34-30(21-26)29-13-7-8-14-33(29)39(34)28-11-5-2-6-12-28/h1-23H. The van der Waals surface area contributed by atoms with E-state index in [0.717, 1.165) is 0 Å². The van der Waals surface area contributed by atoms with Crippen LogP contribution in [0.1, 0.15) is 0 Å². The minimum atomic E-state index is 1.19. The largest absolute Gasteiger partial charge is 0.309 e. The number of thiophene rings is 2. The Hall–Kier alpha value is -4.70. The molecule has 0 saturated carbocycles. The minimum Gasteiger partial charge on any atom is -0.309 e. The van der Waals surface area contributed by atoms with Crippen LogP contribution >= 0.6 is 22.7 Å². The van der Waals surface area contributed by atoms with Crippen LogP contribution in [0.5, 0.6) is 0 Å². The molecule has 3 heteroatoms. The maximum Gasteiger partial charge on any atom is 0.0890 e. The van der Waals surface area contributed by atoms with Crippen molar-refractivity contribution in [3.05, 3.63) is 140 Å².